The Labute approximate surface area is 352 Å². The van der Waals surface area contributed by atoms with Gasteiger partial charge < -0.3 is 9.80 Å². The molecule has 0 radical (unpaired) electrons. The topological polar surface area (TPSA) is 58.0 Å². The van der Waals surface area contributed by atoms with Crippen LogP contribution in [0.1, 0.15) is 52.7 Å². The Morgan fingerprint density at radius 3 is 1.05 bits per heavy atom. The minimum atomic E-state index is 0.0191. The van der Waals surface area contributed by atoms with Gasteiger partial charge in [-0.3, -0.25) is 19.9 Å². The van der Waals surface area contributed by atoms with E-state index in [1.807, 2.05) is 86.0 Å². The lowest BCUT2D eigenvalue weighted by molar-refractivity contribution is 0.590. The lowest BCUT2D eigenvalue weighted by Gasteiger charge is -2.28. The van der Waals surface area contributed by atoms with Gasteiger partial charge in [0.2, 0.25) is 0 Å². The smallest absolute Gasteiger partial charge is 0.0644 e. The Morgan fingerprint density at radius 1 is 0.333 bits per heavy atom. The molecule has 0 saturated carbocycles. The van der Waals surface area contributed by atoms with Crippen molar-refractivity contribution in [1.82, 2.24) is 19.9 Å². The molecule has 0 fully saturated rings. The number of aromatic nitrogens is 4. The van der Waals surface area contributed by atoms with Crippen molar-refractivity contribution in [2.45, 2.75) is 52.4 Å². The minimum absolute atomic E-state index is 0.0191. The average Bonchev–Trinajstić information content (AvgIpc) is 3.27. The van der Waals surface area contributed by atoms with Crippen LogP contribution in [0, 0.1) is 0 Å². The normalized spacial score (nSPS) is 11.8. The molecule has 4 heterocycles. The molecule has 0 aliphatic rings. The second-order valence-electron chi connectivity index (χ2n) is 17.4. The molecule has 6 nitrogen and oxygen atoms in total. The minimum Gasteiger partial charge on any atom is -0.309 e. The first-order chi connectivity index (χ1) is 29.0. The van der Waals surface area contributed by atoms with E-state index in [-0.39, 0.29) is 10.8 Å². The van der Waals surface area contributed by atoms with Gasteiger partial charge in [-0.2, -0.15) is 0 Å². The van der Waals surface area contributed by atoms with Crippen molar-refractivity contribution in [2.75, 3.05) is 9.80 Å². The van der Waals surface area contributed by atoms with Gasteiger partial charge in [0.25, 0.3) is 0 Å². The van der Waals surface area contributed by atoms with Crippen LogP contribution in [-0.4, -0.2) is 19.9 Å². The first-order valence-electron chi connectivity index (χ1n) is 20.5. The molecule has 0 aliphatic carbocycles. The average molecular weight is 781 g/mol. The zero-order valence-corrected chi connectivity index (χ0v) is 35.0. The molecule has 0 spiro atoms. The lowest BCUT2D eigenvalue weighted by Crippen LogP contribution is -2.11. The van der Waals surface area contributed by atoms with E-state index in [1.165, 1.54) is 33.0 Å². The molecular weight excluding hydrogens is 733 g/mol. The van der Waals surface area contributed by atoms with E-state index < -0.39 is 0 Å². The molecule has 6 heteroatoms. The number of nitrogens with zero attached hydrogens (tertiary/aromatic N) is 6. The Bertz CT molecular complexity index is 2620. The Morgan fingerprint density at radius 2 is 0.717 bits per heavy atom. The maximum atomic E-state index is 4.53. The molecule has 0 N–H and O–H groups in total. The van der Waals surface area contributed by atoms with Crippen molar-refractivity contribution in [3.05, 3.63) is 194 Å². The predicted octanol–water partition coefficient (Wildman–Crippen LogP) is 14.4. The second-order valence-corrected chi connectivity index (χ2v) is 17.4. The molecule has 0 unspecified atom stereocenters. The summed E-state index contributed by atoms with van der Waals surface area (Å²) in [5.74, 6) is 0. The number of pyridine rings is 4. The van der Waals surface area contributed by atoms with E-state index in [0.29, 0.717) is 0 Å². The maximum Gasteiger partial charge on any atom is 0.0644 e. The molecule has 5 aromatic carbocycles. The van der Waals surface area contributed by atoms with Crippen molar-refractivity contribution in [3.8, 4) is 22.3 Å². The monoisotopic (exact) mass is 780 g/mol. The summed E-state index contributed by atoms with van der Waals surface area (Å²) >= 11 is 0. The molecule has 60 heavy (non-hydrogen) atoms. The molecule has 0 atom stereocenters. The Kier molecular flexibility index (Phi) is 9.93. The van der Waals surface area contributed by atoms with Gasteiger partial charge >= 0.3 is 0 Å². The molecule has 0 bridgehead atoms. The van der Waals surface area contributed by atoms with Crippen LogP contribution in [-0.2, 0) is 10.8 Å². The first-order valence-corrected chi connectivity index (χ1v) is 20.5. The van der Waals surface area contributed by atoms with E-state index in [1.54, 1.807) is 0 Å². The van der Waals surface area contributed by atoms with E-state index in [0.717, 1.165) is 56.0 Å². The van der Waals surface area contributed by atoms with Gasteiger partial charge in [0.15, 0.2) is 0 Å². The molecular formula is C54H48N6. The fourth-order valence-electron chi connectivity index (χ4n) is 8.23. The van der Waals surface area contributed by atoms with E-state index in [4.69, 9.17) is 0 Å². The number of benzene rings is 5. The van der Waals surface area contributed by atoms with Crippen molar-refractivity contribution in [3.63, 3.8) is 0 Å². The third-order valence-corrected chi connectivity index (χ3v) is 11.3. The lowest BCUT2D eigenvalue weighted by atomic mass is 9.82. The highest BCUT2D eigenvalue weighted by molar-refractivity contribution is 6.22. The summed E-state index contributed by atoms with van der Waals surface area (Å²) < 4.78 is 0. The molecule has 0 aliphatic heterocycles. The number of fused-ring (bicyclic) bond motifs is 2. The standard InChI is InChI=1S/C54H48N6/c1-53(2,3)39-15-11-37(12-16-39)51-47-21-19-44(60(42-25-31-56-32-26-42)46-10-8-28-58-36-46)34-50(47)52(38-13-17-40(18-14-38)54(4,5)6)48-22-20-43(33-49(48)51)59(41-23-29-55-30-24-41)45-9-7-27-57-35-45/h7-36H,1-6H3. The van der Waals surface area contributed by atoms with E-state index in [9.17, 15) is 0 Å². The summed E-state index contributed by atoms with van der Waals surface area (Å²) in [6.07, 6.45) is 14.8. The van der Waals surface area contributed by atoms with Crippen LogP contribution in [0.5, 0.6) is 0 Å². The largest absolute Gasteiger partial charge is 0.309 e. The van der Waals surface area contributed by atoms with Gasteiger partial charge in [-0.25, -0.2) is 0 Å². The van der Waals surface area contributed by atoms with Crippen LogP contribution in [0.3, 0.4) is 0 Å². The van der Waals surface area contributed by atoms with Crippen molar-refractivity contribution in [1.29, 1.82) is 0 Å². The van der Waals surface area contributed by atoms with Crippen LogP contribution >= 0.6 is 0 Å². The van der Waals surface area contributed by atoms with Gasteiger partial charge in [0.05, 0.1) is 23.8 Å². The van der Waals surface area contributed by atoms with Gasteiger partial charge in [-0.05, 0) is 139 Å². The third-order valence-electron chi connectivity index (χ3n) is 11.3. The zero-order chi connectivity index (χ0) is 41.4. The van der Waals surface area contributed by atoms with Gasteiger partial charge in [0.1, 0.15) is 0 Å². The molecule has 4 aromatic heterocycles. The highest BCUT2D eigenvalue weighted by atomic mass is 15.2. The van der Waals surface area contributed by atoms with Gasteiger partial charge in [-0.1, -0.05) is 102 Å². The van der Waals surface area contributed by atoms with Crippen molar-refractivity contribution < 1.29 is 0 Å². The summed E-state index contributed by atoms with van der Waals surface area (Å²) in [6, 6.07) is 48.5. The Hall–Kier alpha value is -7.18. The molecule has 9 aromatic rings. The fraction of sp³-hybridized carbons (Fsp3) is 0.148. The van der Waals surface area contributed by atoms with Crippen LogP contribution in [0.2, 0.25) is 0 Å². The molecule has 0 saturated heterocycles. The van der Waals surface area contributed by atoms with Crippen LogP contribution in [0.25, 0.3) is 43.8 Å². The molecule has 294 valence electrons. The van der Waals surface area contributed by atoms with Crippen LogP contribution in [0.4, 0.5) is 34.1 Å². The van der Waals surface area contributed by atoms with Crippen LogP contribution in [0.15, 0.2) is 183 Å². The Balaban J connectivity index is 1.39. The molecule has 9 rings (SSSR count). The number of hydrogen-bond donors (Lipinski definition) is 0. The first kappa shape index (κ1) is 38.3. The van der Waals surface area contributed by atoms with Crippen molar-refractivity contribution >= 4 is 55.7 Å². The summed E-state index contributed by atoms with van der Waals surface area (Å²) in [5, 5.41) is 4.65. The quantitative estimate of drug-likeness (QED) is 0.143. The zero-order valence-electron chi connectivity index (χ0n) is 35.0. The highest BCUT2D eigenvalue weighted by Gasteiger charge is 2.23. The third kappa shape index (κ3) is 7.37. The fourth-order valence-corrected chi connectivity index (χ4v) is 8.23. The summed E-state index contributed by atoms with van der Waals surface area (Å²) in [6.45, 7) is 13.6. The number of rotatable bonds is 8. The van der Waals surface area contributed by atoms with E-state index in [2.05, 4.69) is 168 Å². The van der Waals surface area contributed by atoms with E-state index >= 15 is 0 Å². The number of hydrogen-bond acceptors (Lipinski definition) is 6. The second kappa shape index (κ2) is 15.5. The molecule has 0 amide bonds. The van der Waals surface area contributed by atoms with Gasteiger partial charge in [-0.15, -0.1) is 0 Å². The van der Waals surface area contributed by atoms with Crippen LogP contribution < -0.4 is 9.80 Å². The van der Waals surface area contributed by atoms with Crippen molar-refractivity contribution in [2.24, 2.45) is 0 Å². The number of anilines is 6. The summed E-state index contributed by atoms with van der Waals surface area (Å²) in [5.41, 5.74) is 13.3. The maximum absolute atomic E-state index is 4.53. The predicted molar refractivity (Wildman–Crippen MR) is 250 cm³/mol. The van der Waals surface area contributed by atoms with Gasteiger partial charge in [0, 0.05) is 59.9 Å². The SMILES string of the molecule is CC(C)(C)c1ccc(-c2c3ccc(N(c4ccncc4)c4cccnc4)cc3c(-c3ccc(C(C)(C)C)cc3)c3ccc(N(c4ccncc4)c4cccnc4)cc23)cc1. The summed E-state index contributed by atoms with van der Waals surface area (Å²) in [4.78, 5) is 22.3. The summed E-state index contributed by atoms with van der Waals surface area (Å²) in [7, 11) is 0. The highest BCUT2D eigenvalue weighted by Crippen LogP contribution is 2.48.